The van der Waals surface area contributed by atoms with Crippen molar-refractivity contribution >= 4 is 15.8 Å². The average Bonchev–Trinajstić information content (AvgIpc) is 2.95. The maximum Gasteiger partial charge on any atom is 0.191 e. The van der Waals surface area contributed by atoms with Gasteiger partial charge in [0.2, 0.25) is 0 Å². The highest BCUT2D eigenvalue weighted by atomic mass is 32.2. The van der Waals surface area contributed by atoms with E-state index in [0.29, 0.717) is 12.5 Å². The number of likely N-dealkylation sites (tertiary alicyclic amines) is 1. The van der Waals surface area contributed by atoms with E-state index in [0.717, 1.165) is 45.2 Å². The Kier molecular flexibility index (Phi) is 9.61. The van der Waals surface area contributed by atoms with Gasteiger partial charge in [-0.15, -0.1) is 0 Å². The van der Waals surface area contributed by atoms with E-state index in [-0.39, 0.29) is 11.8 Å². The average molecular weight is 363 g/mol. The first-order valence-electron chi connectivity index (χ1n) is 8.81. The summed E-state index contributed by atoms with van der Waals surface area (Å²) in [6.45, 7) is 8.35. The summed E-state index contributed by atoms with van der Waals surface area (Å²) in [6, 6.07) is 0.521. The Morgan fingerprint density at radius 2 is 2.21 bits per heavy atom. The summed E-state index contributed by atoms with van der Waals surface area (Å²) in [5, 5.41) is 6.54. The van der Waals surface area contributed by atoms with E-state index in [1.807, 2.05) is 13.8 Å². The molecular formula is C16H34N4O3S. The zero-order valence-electron chi connectivity index (χ0n) is 15.5. The number of nitrogens with zero attached hydrogens (tertiary/aromatic N) is 2. The SMILES string of the molecule is CCNC(=NCC1CCCN1CCOC)NC(C)CCS(C)(=O)=O. The Morgan fingerprint density at radius 3 is 2.83 bits per heavy atom. The Bertz CT molecular complexity index is 482. The van der Waals surface area contributed by atoms with Crippen LogP contribution in [0.3, 0.4) is 0 Å². The van der Waals surface area contributed by atoms with Crippen LogP contribution in [0.5, 0.6) is 0 Å². The fourth-order valence-corrected chi connectivity index (χ4v) is 3.60. The van der Waals surface area contributed by atoms with E-state index in [2.05, 4.69) is 15.5 Å². The molecule has 7 nitrogen and oxygen atoms in total. The van der Waals surface area contributed by atoms with Gasteiger partial charge in [-0.2, -0.15) is 0 Å². The number of rotatable bonds is 10. The standard InChI is InChI=1S/C16H34N4O3S/c1-5-17-16(19-14(2)8-12-24(4,21)22)18-13-15-7-6-9-20(15)10-11-23-3/h14-15H,5-13H2,1-4H3,(H2,17,18,19). The normalized spacial score (nSPS) is 21.0. The number of hydrogen-bond acceptors (Lipinski definition) is 5. The second-order valence-corrected chi connectivity index (χ2v) is 8.77. The molecule has 8 heteroatoms. The van der Waals surface area contributed by atoms with Gasteiger partial charge in [0.15, 0.2) is 5.96 Å². The van der Waals surface area contributed by atoms with Gasteiger partial charge in [0.05, 0.1) is 18.9 Å². The molecule has 0 bridgehead atoms. The molecule has 1 rings (SSSR count). The van der Waals surface area contributed by atoms with Crippen molar-refractivity contribution in [1.82, 2.24) is 15.5 Å². The molecule has 0 radical (unpaired) electrons. The van der Waals surface area contributed by atoms with E-state index >= 15 is 0 Å². The molecule has 24 heavy (non-hydrogen) atoms. The summed E-state index contributed by atoms with van der Waals surface area (Å²) < 4.78 is 27.7. The van der Waals surface area contributed by atoms with Crippen LogP contribution in [0.25, 0.3) is 0 Å². The van der Waals surface area contributed by atoms with Crippen molar-refractivity contribution in [2.24, 2.45) is 4.99 Å². The zero-order chi connectivity index (χ0) is 18.0. The number of guanidine groups is 1. The van der Waals surface area contributed by atoms with Crippen molar-refractivity contribution < 1.29 is 13.2 Å². The molecule has 0 aromatic rings. The van der Waals surface area contributed by atoms with Gasteiger partial charge in [-0.1, -0.05) is 0 Å². The molecule has 0 aromatic carbocycles. The highest BCUT2D eigenvalue weighted by Gasteiger charge is 2.23. The van der Waals surface area contributed by atoms with Gasteiger partial charge in [0.25, 0.3) is 0 Å². The molecule has 1 saturated heterocycles. The highest BCUT2D eigenvalue weighted by molar-refractivity contribution is 7.90. The third-order valence-electron chi connectivity index (χ3n) is 4.19. The Balaban J connectivity index is 2.51. The number of methoxy groups -OCH3 is 1. The van der Waals surface area contributed by atoms with Crippen molar-refractivity contribution in [2.75, 3.05) is 51.9 Å². The largest absolute Gasteiger partial charge is 0.383 e. The number of hydrogen-bond donors (Lipinski definition) is 2. The molecule has 1 aliphatic rings. The topological polar surface area (TPSA) is 83.0 Å². The van der Waals surface area contributed by atoms with E-state index < -0.39 is 9.84 Å². The van der Waals surface area contributed by atoms with Gasteiger partial charge >= 0.3 is 0 Å². The number of nitrogens with one attached hydrogen (secondary N) is 2. The first-order chi connectivity index (χ1) is 11.4. The summed E-state index contributed by atoms with van der Waals surface area (Å²) in [6.07, 6.45) is 4.22. The minimum Gasteiger partial charge on any atom is -0.383 e. The second-order valence-electron chi connectivity index (χ2n) is 6.51. The van der Waals surface area contributed by atoms with Crippen LogP contribution in [0.4, 0.5) is 0 Å². The molecule has 1 fully saturated rings. The lowest BCUT2D eigenvalue weighted by atomic mass is 10.2. The molecule has 0 spiro atoms. The third kappa shape index (κ3) is 8.84. The lowest BCUT2D eigenvalue weighted by Crippen LogP contribution is -2.44. The Morgan fingerprint density at radius 1 is 1.46 bits per heavy atom. The molecule has 1 heterocycles. The van der Waals surface area contributed by atoms with Crippen LogP contribution < -0.4 is 10.6 Å². The van der Waals surface area contributed by atoms with Crippen LogP contribution >= 0.6 is 0 Å². The van der Waals surface area contributed by atoms with Crippen molar-refractivity contribution in [1.29, 1.82) is 0 Å². The van der Waals surface area contributed by atoms with Gasteiger partial charge in [-0.25, -0.2) is 8.42 Å². The van der Waals surface area contributed by atoms with Crippen LogP contribution in [0, 0.1) is 0 Å². The number of aliphatic imine (C=N–C) groups is 1. The molecule has 142 valence electrons. The minimum absolute atomic E-state index is 0.0608. The summed E-state index contributed by atoms with van der Waals surface area (Å²) >= 11 is 0. The van der Waals surface area contributed by atoms with Gasteiger partial charge in [-0.05, 0) is 39.7 Å². The van der Waals surface area contributed by atoms with Crippen molar-refractivity contribution in [2.45, 2.75) is 45.2 Å². The molecule has 2 unspecified atom stereocenters. The predicted molar refractivity (Wildman–Crippen MR) is 99.4 cm³/mol. The first kappa shape index (κ1) is 21.2. The molecule has 2 atom stereocenters. The maximum atomic E-state index is 11.3. The lowest BCUT2D eigenvalue weighted by molar-refractivity contribution is 0.142. The van der Waals surface area contributed by atoms with Crippen LogP contribution in [0.1, 0.15) is 33.1 Å². The predicted octanol–water partition coefficient (Wildman–Crippen LogP) is 0.476. The molecule has 0 amide bonds. The maximum absolute atomic E-state index is 11.3. The monoisotopic (exact) mass is 362 g/mol. The van der Waals surface area contributed by atoms with Gasteiger partial charge in [0.1, 0.15) is 9.84 Å². The summed E-state index contributed by atoms with van der Waals surface area (Å²) in [5.74, 6) is 0.950. The fourth-order valence-electron chi connectivity index (χ4n) is 2.82. The van der Waals surface area contributed by atoms with E-state index in [4.69, 9.17) is 9.73 Å². The van der Waals surface area contributed by atoms with Gasteiger partial charge in [-0.3, -0.25) is 9.89 Å². The highest BCUT2D eigenvalue weighted by Crippen LogP contribution is 2.16. The Hall–Kier alpha value is -0.860. The smallest absolute Gasteiger partial charge is 0.191 e. The van der Waals surface area contributed by atoms with Crippen molar-refractivity contribution in [3.63, 3.8) is 0 Å². The van der Waals surface area contributed by atoms with E-state index in [1.165, 1.54) is 12.7 Å². The molecule has 0 aliphatic carbocycles. The second kappa shape index (κ2) is 10.9. The van der Waals surface area contributed by atoms with E-state index in [9.17, 15) is 8.42 Å². The lowest BCUT2D eigenvalue weighted by Gasteiger charge is -2.23. The quantitative estimate of drug-likeness (QED) is 0.434. The Labute approximate surface area is 147 Å². The van der Waals surface area contributed by atoms with Crippen LogP contribution in [-0.4, -0.2) is 83.3 Å². The summed E-state index contributed by atoms with van der Waals surface area (Å²) in [5.41, 5.74) is 0. The third-order valence-corrected chi connectivity index (χ3v) is 5.17. The molecule has 0 aromatic heterocycles. The summed E-state index contributed by atoms with van der Waals surface area (Å²) in [4.78, 5) is 7.13. The number of ether oxygens (including phenoxy) is 1. The first-order valence-corrected chi connectivity index (χ1v) is 10.9. The number of sulfone groups is 1. The summed E-state index contributed by atoms with van der Waals surface area (Å²) in [7, 11) is -1.20. The minimum atomic E-state index is -2.93. The van der Waals surface area contributed by atoms with Crippen LogP contribution in [0.2, 0.25) is 0 Å². The molecule has 1 aliphatic heterocycles. The molecular weight excluding hydrogens is 328 g/mol. The molecule has 2 N–H and O–H groups in total. The zero-order valence-corrected chi connectivity index (χ0v) is 16.4. The van der Waals surface area contributed by atoms with Gasteiger partial charge < -0.3 is 15.4 Å². The van der Waals surface area contributed by atoms with Crippen molar-refractivity contribution in [3.05, 3.63) is 0 Å². The van der Waals surface area contributed by atoms with E-state index in [1.54, 1.807) is 7.11 Å². The molecule has 0 saturated carbocycles. The van der Waals surface area contributed by atoms with Gasteiger partial charge in [0, 0.05) is 38.5 Å². The van der Waals surface area contributed by atoms with Crippen LogP contribution in [-0.2, 0) is 14.6 Å². The van der Waals surface area contributed by atoms with Crippen molar-refractivity contribution in [3.8, 4) is 0 Å². The van der Waals surface area contributed by atoms with Crippen LogP contribution in [0.15, 0.2) is 4.99 Å². The fraction of sp³-hybridized carbons (Fsp3) is 0.938.